The Morgan fingerprint density at radius 1 is 1.28 bits per heavy atom. The average molecular weight is 242 g/mol. The number of fused-ring (bicyclic) bond motifs is 1. The fourth-order valence-corrected chi connectivity index (χ4v) is 2.91. The lowest BCUT2D eigenvalue weighted by atomic mass is 9.85. The van der Waals surface area contributed by atoms with Crippen molar-refractivity contribution in [1.82, 2.24) is 9.88 Å². The molecule has 0 spiro atoms. The molecular formula is C16H22N2. The molecule has 1 aromatic heterocycles. The van der Waals surface area contributed by atoms with E-state index >= 15 is 0 Å². The van der Waals surface area contributed by atoms with Crippen molar-refractivity contribution < 1.29 is 0 Å². The molecule has 0 saturated heterocycles. The Kier molecular flexibility index (Phi) is 3.37. The van der Waals surface area contributed by atoms with Crippen LogP contribution >= 0.6 is 0 Å². The van der Waals surface area contributed by atoms with Crippen LogP contribution in [0.3, 0.4) is 0 Å². The maximum Gasteiger partial charge on any atom is 0.0513 e. The third kappa shape index (κ3) is 2.17. The summed E-state index contributed by atoms with van der Waals surface area (Å²) in [7, 11) is 2.02. The van der Waals surface area contributed by atoms with Crippen LogP contribution in [-0.2, 0) is 13.0 Å². The summed E-state index contributed by atoms with van der Waals surface area (Å²) in [6, 6.07) is 8.95. The lowest BCUT2D eigenvalue weighted by molar-refractivity contribution is 0.279. The lowest BCUT2D eigenvalue weighted by Crippen LogP contribution is -2.18. The van der Waals surface area contributed by atoms with Crippen LogP contribution in [0.15, 0.2) is 30.5 Å². The van der Waals surface area contributed by atoms with Crippen LogP contribution in [-0.4, -0.2) is 18.2 Å². The van der Waals surface area contributed by atoms with Gasteiger partial charge in [0, 0.05) is 12.7 Å². The van der Waals surface area contributed by atoms with Crippen LogP contribution in [0.2, 0.25) is 0 Å². The van der Waals surface area contributed by atoms with E-state index in [9.17, 15) is 0 Å². The monoisotopic (exact) mass is 242 g/mol. The SMILES string of the molecule is CNCCc1cccc2ccn(CC3CCC3)c12. The van der Waals surface area contributed by atoms with E-state index in [-0.39, 0.29) is 0 Å². The molecule has 0 bridgehead atoms. The largest absolute Gasteiger partial charge is 0.347 e. The third-order valence-electron chi connectivity index (χ3n) is 4.20. The molecule has 3 rings (SSSR count). The Bertz CT molecular complexity index is 523. The summed E-state index contributed by atoms with van der Waals surface area (Å²) in [5, 5.41) is 4.64. The number of hydrogen-bond acceptors (Lipinski definition) is 1. The van der Waals surface area contributed by atoms with E-state index in [1.807, 2.05) is 7.05 Å². The molecular weight excluding hydrogens is 220 g/mol. The second kappa shape index (κ2) is 5.15. The van der Waals surface area contributed by atoms with Crippen molar-refractivity contribution in [3.05, 3.63) is 36.0 Å². The normalized spacial score (nSPS) is 16.1. The Morgan fingerprint density at radius 2 is 2.17 bits per heavy atom. The molecule has 1 aliphatic carbocycles. The van der Waals surface area contributed by atoms with Gasteiger partial charge in [0.25, 0.3) is 0 Å². The molecule has 1 heterocycles. The van der Waals surface area contributed by atoms with Crippen LogP contribution in [0, 0.1) is 5.92 Å². The fourth-order valence-electron chi connectivity index (χ4n) is 2.91. The van der Waals surface area contributed by atoms with E-state index in [0.717, 1.165) is 18.9 Å². The summed E-state index contributed by atoms with van der Waals surface area (Å²) in [6.45, 7) is 2.26. The molecule has 0 atom stereocenters. The number of rotatable bonds is 5. The predicted octanol–water partition coefficient (Wildman–Crippen LogP) is 3.20. The van der Waals surface area contributed by atoms with Crippen molar-refractivity contribution >= 4 is 10.9 Å². The summed E-state index contributed by atoms with van der Waals surface area (Å²) in [5.74, 6) is 0.915. The Labute approximate surface area is 109 Å². The molecule has 2 nitrogen and oxygen atoms in total. The fraction of sp³-hybridized carbons (Fsp3) is 0.500. The summed E-state index contributed by atoms with van der Waals surface area (Å²) in [6.07, 6.45) is 7.64. The van der Waals surface area contributed by atoms with Gasteiger partial charge in [0.2, 0.25) is 0 Å². The van der Waals surface area contributed by atoms with Crippen LogP contribution in [0.4, 0.5) is 0 Å². The number of nitrogens with zero attached hydrogens (tertiary/aromatic N) is 1. The quantitative estimate of drug-likeness (QED) is 0.852. The number of hydrogen-bond donors (Lipinski definition) is 1. The van der Waals surface area contributed by atoms with Gasteiger partial charge < -0.3 is 9.88 Å². The van der Waals surface area contributed by atoms with Crippen LogP contribution in [0.5, 0.6) is 0 Å². The summed E-state index contributed by atoms with van der Waals surface area (Å²) in [4.78, 5) is 0. The van der Waals surface area contributed by atoms with E-state index in [0.29, 0.717) is 0 Å². The van der Waals surface area contributed by atoms with Gasteiger partial charge in [0.1, 0.15) is 0 Å². The number of likely N-dealkylation sites (N-methyl/N-ethyl adjacent to an activating group) is 1. The van der Waals surface area contributed by atoms with E-state index in [2.05, 4.69) is 40.3 Å². The minimum Gasteiger partial charge on any atom is -0.347 e. The first kappa shape index (κ1) is 11.8. The van der Waals surface area contributed by atoms with Crippen molar-refractivity contribution in [3.8, 4) is 0 Å². The molecule has 0 amide bonds. The highest BCUT2D eigenvalue weighted by Gasteiger charge is 2.18. The van der Waals surface area contributed by atoms with Crippen molar-refractivity contribution in [3.63, 3.8) is 0 Å². The second-order valence-corrected chi connectivity index (χ2v) is 5.47. The van der Waals surface area contributed by atoms with E-state index in [4.69, 9.17) is 0 Å². The molecule has 1 aromatic carbocycles. The van der Waals surface area contributed by atoms with Crippen LogP contribution < -0.4 is 5.32 Å². The van der Waals surface area contributed by atoms with Gasteiger partial charge in [-0.2, -0.15) is 0 Å². The molecule has 2 aromatic rings. The van der Waals surface area contributed by atoms with Crippen molar-refractivity contribution in [2.45, 2.75) is 32.2 Å². The number of nitrogens with one attached hydrogen (secondary N) is 1. The molecule has 0 unspecified atom stereocenters. The standard InChI is InChI=1S/C16H22N2/c1-17-10-8-14-6-3-7-15-9-11-18(16(14)15)12-13-4-2-5-13/h3,6-7,9,11,13,17H,2,4-5,8,10,12H2,1H3. The summed E-state index contributed by atoms with van der Waals surface area (Å²) >= 11 is 0. The molecule has 1 saturated carbocycles. The van der Waals surface area contributed by atoms with Gasteiger partial charge in [0.15, 0.2) is 0 Å². The maximum atomic E-state index is 3.25. The highest BCUT2D eigenvalue weighted by molar-refractivity contribution is 5.83. The third-order valence-corrected chi connectivity index (χ3v) is 4.20. The van der Waals surface area contributed by atoms with Crippen LogP contribution in [0.1, 0.15) is 24.8 Å². The van der Waals surface area contributed by atoms with Gasteiger partial charge in [0.05, 0.1) is 5.52 Å². The van der Waals surface area contributed by atoms with Gasteiger partial charge in [-0.05, 0) is 55.8 Å². The highest BCUT2D eigenvalue weighted by Crippen LogP contribution is 2.30. The highest BCUT2D eigenvalue weighted by atomic mass is 15.0. The molecule has 0 aliphatic heterocycles. The number of aromatic nitrogens is 1. The van der Waals surface area contributed by atoms with Crippen molar-refractivity contribution in [2.75, 3.05) is 13.6 Å². The summed E-state index contributed by atoms with van der Waals surface area (Å²) in [5.41, 5.74) is 2.94. The second-order valence-electron chi connectivity index (χ2n) is 5.47. The first-order valence-corrected chi connectivity index (χ1v) is 7.10. The van der Waals surface area contributed by atoms with Gasteiger partial charge in [-0.15, -0.1) is 0 Å². The molecule has 1 N–H and O–H groups in total. The van der Waals surface area contributed by atoms with E-state index < -0.39 is 0 Å². The molecule has 1 fully saturated rings. The Hall–Kier alpha value is -1.28. The van der Waals surface area contributed by atoms with E-state index in [1.165, 1.54) is 42.3 Å². The van der Waals surface area contributed by atoms with Gasteiger partial charge >= 0.3 is 0 Å². The predicted molar refractivity (Wildman–Crippen MR) is 76.9 cm³/mol. The number of benzene rings is 1. The lowest BCUT2D eigenvalue weighted by Gasteiger charge is -2.26. The van der Waals surface area contributed by atoms with Gasteiger partial charge in [-0.3, -0.25) is 0 Å². The smallest absolute Gasteiger partial charge is 0.0513 e. The zero-order valence-corrected chi connectivity index (χ0v) is 11.2. The maximum absolute atomic E-state index is 3.25. The molecule has 18 heavy (non-hydrogen) atoms. The topological polar surface area (TPSA) is 17.0 Å². The van der Waals surface area contributed by atoms with Gasteiger partial charge in [-0.25, -0.2) is 0 Å². The zero-order valence-electron chi connectivity index (χ0n) is 11.2. The Balaban J connectivity index is 1.92. The van der Waals surface area contributed by atoms with Crippen molar-refractivity contribution in [1.29, 1.82) is 0 Å². The minimum atomic E-state index is 0.915. The molecule has 96 valence electrons. The van der Waals surface area contributed by atoms with E-state index in [1.54, 1.807) is 0 Å². The molecule has 2 heteroatoms. The molecule has 1 aliphatic rings. The minimum absolute atomic E-state index is 0.915. The first-order valence-electron chi connectivity index (χ1n) is 7.10. The van der Waals surface area contributed by atoms with Gasteiger partial charge in [-0.1, -0.05) is 24.6 Å². The summed E-state index contributed by atoms with van der Waals surface area (Å²) < 4.78 is 2.48. The Morgan fingerprint density at radius 3 is 2.89 bits per heavy atom. The van der Waals surface area contributed by atoms with Crippen molar-refractivity contribution in [2.24, 2.45) is 5.92 Å². The average Bonchev–Trinajstić information content (AvgIpc) is 2.75. The first-order chi connectivity index (χ1) is 8.88. The zero-order chi connectivity index (χ0) is 12.4. The van der Waals surface area contributed by atoms with Crippen LogP contribution in [0.25, 0.3) is 10.9 Å². The molecule has 0 radical (unpaired) electrons. The number of para-hydroxylation sites is 1.